The second-order valence-electron chi connectivity index (χ2n) is 5.63. The Morgan fingerprint density at radius 2 is 1.86 bits per heavy atom. The Balaban J connectivity index is 2.07. The molecule has 0 bridgehead atoms. The van der Waals surface area contributed by atoms with Crippen LogP contribution < -0.4 is 15.4 Å². The molecule has 4 nitrogen and oxygen atoms in total. The maximum absolute atomic E-state index is 5.30. The number of rotatable bonds is 6. The van der Waals surface area contributed by atoms with Crippen molar-refractivity contribution in [3.05, 3.63) is 29.8 Å². The van der Waals surface area contributed by atoms with Gasteiger partial charge in [-0.15, -0.1) is 0 Å². The first-order valence-corrected chi connectivity index (χ1v) is 8.55. The number of methoxy groups -OCH3 is 1. The van der Waals surface area contributed by atoms with Crippen LogP contribution in [0, 0.1) is 0 Å². The van der Waals surface area contributed by atoms with Gasteiger partial charge < -0.3 is 15.4 Å². The second-order valence-corrected chi connectivity index (χ2v) is 6.03. The number of thiocarbonyl (C=S) groups is 1. The molecule has 1 fully saturated rings. The van der Waals surface area contributed by atoms with Crippen LogP contribution in [0.15, 0.2) is 24.3 Å². The van der Waals surface area contributed by atoms with E-state index in [0.29, 0.717) is 6.04 Å². The van der Waals surface area contributed by atoms with Crippen LogP contribution in [0.3, 0.4) is 0 Å². The van der Waals surface area contributed by atoms with Crippen molar-refractivity contribution in [2.45, 2.75) is 32.2 Å². The van der Waals surface area contributed by atoms with Gasteiger partial charge >= 0.3 is 0 Å². The van der Waals surface area contributed by atoms with Crippen LogP contribution in [0.25, 0.3) is 0 Å². The number of nitrogens with one attached hydrogen (secondary N) is 2. The van der Waals surface area contributed by atoms with Crippen LogP contribution in [0.4, 0.5) is 0 Å². The van der Waals surface area contributed by atoms with Crippen molar-refractivity contribution in [1.29, 1.82) is 0 Å². The Bertz CT molecular complexity index is 457. The van der Waals surface area contributed by atoms with Gasteiger partial charge in [0.25, 0.3) is 0 Å². The highest BCUT2D eigenvalue weighted by molar-refractivity contribution is 7.80. The van der Waals surface area contributed by atoms with E-state index in [2.05, 4.69) is 34.6 Å². The Morgan fingerprint density at radius 3 is 2.45 bits per heavy atom. The van der Waals surface area contributed by atoms with Gasteiger partial charge in [-0.3, -0.25) is 4.90 Å². The molecule has 0 spiro atoms. The van der Waals surface area contributed by atoms with E-state index in [4.69, 9.17) is 17.0 Å². The summed E-state index contributed by atoms with van der Waals surface area (Å²) in [6.45, 7) is 6.05. The fourth-order valence-electron chi connectivity index (χ4n) is 2.93. The lowest BCUT2D eigenvalue weighted by atomic mass is 10.0. The van der Waals surface area contributed by atoms with Crippen molar-refractivity contribution in [3.8, 4) is 5.75 Å². The SMILES string of the molecule is CCNC(=S)NCC(c1ccc(OC)cc1)N1CCCCC1. The molecule has 2 rings (SSSR count). The number of benzene rings is 1. The molecule has 122 valence electrons. The second kappa shape index (κ2) is 8.96. The van der Waals surface area contributed by atoms with Crippen LogP contribution in [0.2, 0.25) is 0 Å². The zero-order valence-corrected chi connectivity index (χ0v) is 14.4. The molecule has 0 aliphatic carbocycles. The Hall–Kier alpha value is -1.33. The predicted molar refractivity (Wildman–Crippen MR) is 95.4 cm³/mol. The highest BCUT2D eigenvalue weighted by atomic mass is 32.1. The molecule has 1 heterocycles. The van der Waals surface area contributed by atoms with Gasteiger partial charge in [0, 0.05) is 13.1 Å². The molecule has 1 saturated heterocycles. The molecule has 0 saturated carbocycles. The van der Waals surface area contributed by atoms with Crippen LogP contribution in [0.5, 0.6) is 5.75 Å². The largest absolute Gasteiger partial charge is 0.497 e. The van der Waals surface area contributed by atoms with Crippen molar-refractivity contribution >= 4 is 17.3 Å². The number of ether oxygens (including phenoxy) is 1. The number of piperidine rings is 1. The van der Waals surface area contributed by atoms with Gasteiger partial charge in [-0.2, -0.15) is 0 Å². The van der Waals surface area contributed by atoms with Crippen LogP contribution in [-0.2, 0) is 0 Å². The first-order valence-electron chi connectivity index (χ1n) is 8.14. The van der Waals surface area contributed by atoms with E-state index < -0.39 is 0 Å². The number of likely N-dealkylation sites (tertiary alicyclic amines) is 1. The van der Waals surface area contributed by atoms with Gasteiger partial charge in [0.15, 0.2) is 5.11 Å². The van der Waals surface area contributed by atoms with E-state index in [1.165, 1.54) is 24.8 Å². The smallest absolute Gasteiger partial charge is 0.166 e. The van der Waals surface area contributed by atoms with E-state index >= 15 is 0 Å². The quantitative estimate of drug-likeness (QED) is 0.788. The topological polar surface area (TPSA) is 36.5 Å². The van der Waals surface area contributed by atoms with Gasteiger partial charge in [0.1, 0.15) is 5.75 Å². The normalized spacial score (nSPS) is 16.8. The molecule has 0 radical (unpaired) electrons. The first kappa shape index (κ1) is 17.0. The summed E-state index contributed by atoms with van der Waals surface area (Å²) in [5.41, 5.74) is 1.31. The van der Waals surface area contributed by atoms with E-state index in [9.17, 15) is 0 Å². The standard InChI is InChI=1S/C17H27N3OS/c1-3-18-17(22)19-13-16(20-11-5-4-6-12-20)14-7-9-15(21-2)10-8-14/h7-10,16H,3-6,11-13H2,1-2H3,(H2,18,19,22). The van der Waals surface area contributed by atoms with Crippen molar-refractivity contribution in [2.24, 2.45) is 0 Å². The van der Waals surface area contributed by atoms with Crippen LogP contribution >= 0.6 is 12.2 Å². The summed E-state index contributed by atoms with van der Waals surface area (Å²) < 4.78 is 5.26. The lowest BCUT2D eigenvalue weighted by Gasteiger charge is -2.35. The lowest BCUT2D eigenvalue weighted by molar-refractivity contribution is 0.164. The summed E-state index contributed by atoms with van der Waals surface area (Å²) in [6.07, 6.45) is 3.91. The molecule has 1 unspecified atom stereocenters. The van der Waals surface area contributed by atoms with Gasteiger partial charge in [0.05, 0.1) is 13.2 Å². The molecular formula is C17H27N3OS. The zero-order chi connectivity index (χ0) is 15.8. The average molecular weight is 321 g/mol. The number of hydrogen-bond acceptors (Lipinski definition) is 3. The van der Waals surface area contributed by atoms with Crippen molar-refractivity contribution in [3.63, 3.8) is 0 Å². The summed E-state index contributed by atoms with van der Waals surface area (Å²) in [4.78, 5) is 2.56. The van der Waals surface area contributed by atoms with Gasteiger partial charge in [-0.25, -0.2) is 0 Å². The molecule has 1 aliphatic rings. The molecule has 1 aromatic rings. The molecule has 2 N–H and O–H groups in total. The van der Waals surface area contributed by atoms with E-state index in [-0.39, 0.29) is 0 Å². The Kier molecular flexibility index (Phi) is 6.93. The molecular weight excluding hydrogens is 294 g/mol. The third kappa shape index (κ3) is 4.85. The van der Waals surface area contributed by atoms with Gasteiger partial charge in [-0.05, 0) is 62.8 Å². The van der Waals surface area contributed by atoms with E-state index in [0.717, 1.165) is 37.0 Å². The fraction of sp³-hybridized carbons (Fsp3) is 0.588. The zero-order valence-electron chi connectivity index (χ0n) is 13.6. The van der Waals surface area contributed by atoms with Gasteiger partial charge in [-0.1, -0.05) is 18.6 Å². The monoisotopic (exact) mass is 321 g/mol. The molecule has 1 aromatic carbocycles. The van der Waals surface area contributed by atoms with Crippen LogP contribution in [-0.4, -0.2) is 43.3 Å². The summed E-state index contributed by atoms with van der Waals surface area (Å²) in [6, 6.07) is 8.75. The minimum atomic E-state index is 0.350. The molecule has 5 heteroatoms. The Morgan fingerprint density at radius 1 is 1.18 bits per heavy atom. The maximum atomic E-state index is 5.30. The molecule has 0 aromatic heterocycles. The third-order valence-electron chi connectivity index (χ3n) is 4.13. The highest BCUT2D eigenvalue weighted by Gasteiger charge is 2.22. The molecule has 1 atom stereocenters. The Labute approximate surface area is 139 Å². The third-order valence-corrected chi connectivity index (χ3v) is 4.41. The number of hydrogen-bond donors (Lipinski definition) is 2. The average Bonchev–Trinajstić information content (AvgIpc) is 2.57. The summed E-state index contributed by atoms with van der Waals surface area (Å²) >= 11 is 5.30. The molecule has 1 aliphatic heterocycles. The number of nitrogens with zero attached hydrogens (tertiary/aromatic N) is 1. The van der Waals surface area contributed by atoms with E-state index in [1.807, 2.05) is 12.1 Å². The molecule has 0 amide bonds. The van der Waals surface area contributed by atoms with Crippen molar-refractivity contribution in [2.75, 3.05) is 33.3 Å². The van der Waals surface area contributed by atoms with E-state index in [1.54, 1.807) is 7.11 Å². The summed E-state index contributed by atoms with van der Waals surface area (Å²) in [7, 11) is 1.70. The maximum Gasteiger partial charge on any atom is 0.166 e. The van der Waals surface area contributed by atoms with Crippen molar-refractivity contribution in [1.82, 2.24) is 15.5 Å². The minimum absolute atomic E-state index is 0.350. The molecule has 22 heavy (non-hydrogen) atoms. The van der Waals surface area contributed by atoms with Gasteiger partial charge in [0.2, 0.25) is 0 Å². The van der Waals surface area contributed by atoms with Crippen LogP contribution in [0.1, 0.15) is 37.8 Å². The highest BCUT2D eigenvalue weighted by Crippen LogP contribution is 2.25. The summed E-state index contributed by atoms with van der Waals surface area (Å²) in [5, 5.41) is 7.25. The summed E-state index contributed by atoms with van der Waals surface area (Å²) in [5.74, 6) is 0.900. The predicted octanol–water partition coefficient (Wildman–Crippen LogP) is 2.71. The first-order chi connectivity index (χ1) is 10.7. The fourth-order valence-corrected chi connectivity index (χ4v) is 3.15. The lowest BCUT2D eigenvalue weighted by Crippen LogP contribution is -2.43. The van der Waals surface area contributed by atoms with Crippen molar-refractivity contribution < 1.29 is 4.74 Å². The minimum Gasteiger partial charge on any atom is -0.497 e.